The van der Waals surface area contributed by atoms with E-state index in [1.807, 2.05) is 0 Å². The first-order chi connectivity index (χ1) is 22.6. The van der Waals surface area contributed by atoms with Crippen LogP contribution in [0.15, 0.2) is 95.6 Å². The summed E-state index contributed by atoms with van der Waals surface area (Å²) in [5.74, 6) is 1.45. The molecule has 0 aromatic heterocycles. The fraction of sp³-hybridized carbons (Fsp3) is 0.268. The van der Waals surface area contributed by atoms with Crippen molar-refractivity contribution in [2.24, 2.45) is 0 Å². The van der Waals surface area contributed by atoms with Gasteiger partial charge >= 0.3 is 21.1 Å². The number of nitrogens with zero attached hydrogens (tertiary/aromatic N) is 4. The van der Waals surface area contributed by atoms with Crippen LogP contribution in [-0.4, -0.2) is 9.80 Å². The topological polar surface area (TPSA) is 22.2 Å². The fourth-order valence-corrected chi connectivity index (χ4v) is 8.90. The molecule has 0 saturated carbocycles. The molecule has 0 atom stereocenters. The molecule has 0 fully saturated rings. The summed E-state index contributed by atoms with van der Waals surface area (Å²) in [6, 6.07) is 34.3. The van der Waals surface area contributed by atoms with Crippen molar-refractivity contribution in [3.8, 4) is 22.6 Å². The van der Waals surface area contributed by atoms with Crippen molar-refractivity contribution in [2.75, 3.05) is 9.80 Å². The number of aryl methyl sites for hydroxylation is 2. The van der Waals surface area contributed by atoms with E-state index < -0.39 is 5.66 Å². The third-order valence-corrected chi connectivity index (χ3v) is 10.7. The maximum atomic E-state index is 6.59. The molecule has 6 aliphatic rings. The number of benzene rings is 4. The van der Waals surface area contributed by atoms with Gasteiger partial charge < -0.3 is 24.3 Å². The van der Waals surface area contributed by atoms with Gasteiger partial charge in [-0.15, -0.1) is 61.1 Å². The molecule has 0 radical (unpaired) electrons. The molecule has 236 valence electrons. The van der Waals surface area contributed by atoms with Crippen molar-refractivity contribution in [3.05, 3.63) is 143 Å². The molecule has 47 heavy (non-hydrogen) atoms. The number of rotatable bonds is 0. The molecule has 4 aromatic rings. The number of hydrogen-bond donors (Lipinski definition) is 0. The number of ether oxygens (including phenoxy) is 1. The van der Waals surface area contributed by atoms with E-state index in [1.165, 1.54) is 70.7 Å². The van der Waals surface area contributed by atoms with Crippen LogP contribution in [-0.2, 0) is 26.7 Å². The Bertz CT molecular complexity index is 1870. The fourth-order valence-electron chi connectivity index (χ4n) is 8.90. The zero-order valence-electron chi connectivity index (χ0n) is 26.8. The molecule has 0 saturated heterocycles. The SMILES string of the molecule is Cc1cc2[c-]c(c1)N1[CH-]N(C3=C1CCCC3)C1(c3ccccc3-c3ccccc31)N1[CH-]N(C3=C1CCCC3)c1[c-]c(cc(C)c1)O2.[Pt+4]. The molecule has 0 N–H and O–H groups in total. The van der Waals surface area contributed by atoms with Gasteiger partial charge in [-0.2, -0.15) is 11.1 Å². The Labute approximate surface area is 292 Å². The van der Waals surface area contributed by atoms with Gasteiger partial charge in [0.2, 0.25) is 0 Å². The van der Waals surface area contributed by atoms with Crippen molar-refractivity contribution < 1.29 is 25.8 Å². The Morgan fingerprint density at radius 2 is 1.02 bits per heavy atom. The quantitative estimate of drug-likeness (QED) is 0.165. The van der Waals surface area contributed by atoms with Crippen molar-refractivity contribution in [1.29, 1.82) is 0 Å². The van der Waals surface area contributed by atoms with Crippen molar-refractivity contribution in [2.45, 2.75) is 70.9 Å². The Kier molecular flexibility index (Phi) is 6.70. The van der Waals surface area contributed by atoms with Gasteiger partial charge in [0.15, 0.2) is 0 Å². The van der Waals surface area contributed by atoms with Crippen molar-refractivity contribution in [1.82, 2.24) is 9.80 Å². The van der Waals surface area contributed by atoms with E-state index in [1.54, 1.807) is 0 Å². The zero-order valence-corrected chi connectivity index (χ0v) is 29.0. The normalized spacial score (nSPS) is 20.0. The Morgan fingerprint density at radius 3 is 1.49 bits per heavy atom. The minimum atomic E-state index is -0.591. The second kappa shape index (κ2) is 10.8. The first-order valence-corrected chi connectivity index (χ1v) is 16.9. The number of allylic oxidation sites excluding steroid dienone is 4. The number of anilines is 2. The standard InChI is InChI=1S/C41H36N4O.Pt/c1-27-19-29-23-31(21-27)46-32-22-28(2)20-30(24-32)43-26-45(40-18-10-8-16-38(40)43)41(44-25-42(29)37-15-7-9-17-39(37)44)35-13-5-3-11-33(35)34-12-4-6-14-36(34)41;/h3-6,11-14,19-22,25-26H,7-10,15-18H2,1-2H3;/q-4;+4. The van der Waals surface area contributed by atoms with Gasteiger partial charge in [-0.3, -0.25) is 0 Å². The summed E-state index contributed by atoms with van der Waals surface area (Å²) in [5.41, 5.74) is 14.7. The van der Waals surface area contributed by atoms with Gasteiger partial charge in [0.05, 0.1) is 0 Å². The Morgan fingerprint density at radius 1 is 0.596 bits per heavy atom. The molecular weight excluding hydrogens is 760 g/mol. The van der Waals surface area contributed by atoms with Crippen molar-refractivity contribution in [3.63, 3.8) is 0 Å². The monoisotopic (exact) mass is 795 g/mol. The van der Waals surface area contributed by atoms with Crippen molar-refractivity contribution >= 4 is 11.4 Å². The molecule has 4 aromatic carbocycles. The first kappa shape index (κ1) is 29.2. The van der Waals surface area contributed by atoms with Crippen LogP contribution in [0, 0.1) is 39.3 Å². The maximum Gasteiger partial charge on any atom is 4.00 e. The Balaban J connectivity index is 0.00000302. The van der Waals surface area contributed by atoms with Gasteiger partial charge in [-0.25, -0.2) is 0 Å². The molecule has 3 aliphatic heterocycles. The number of fused-ring (bicyclic) bond motifs is 21. The van der Waals surface area contributed by atoms with E-state index in [2.05, 4.69) is 132 Å². The average Bonchev–Trinajstić information content (AvgIpc) is 3.73. The zero-order chi connectivity index (χ0) is 30.6. The summed E-state index contributed by atoms with van der Waals surface area (Å²) in [5, 5.41) is 0. The summed E-state index contributed by atoms with van der Waals surface area (Å²) >= 11 is 0. The van der Waals surface area contributed by atoms with Crippen LogP contribution in [0.2, 0.25) is 0 Å². The smallest absolute Gasteiger partial charge is 0.509 e. The van der Waals surface area contributed by atoms with E-state index in [0.717, 1.165) is 59.7 Å². The van der Waals surface area contributed by atoms with Crippen LogP contribution in [0.4, 0.5) is 11.4 Å². The van der Waals surface area contributed by atoms with E-state index in [-0.39, 0.29) is 21.1 Å². The molecule has 6 heteroatoms. The van der Waals surface area contributed by atoms with Gasteiger partial charge in [-0.05, 0) is 62.5 Å². The molecule has 5 nitrogen and oxygen atoms in total. The van der Waals surface area contributed by atoms with E-state index in [9.17, 15) is 0 Å². The molecular formula is C41H36N4OPt. The van der Waals surface area contributed by atoms with Crippen LogP contribution in [0.3, 0.4) is 0 Å². The number of hydrogen-bond acceptors (Lipinski definition) is 5. The molecule has 10 rings (SSSR count). The van der Waals surface area contributed by atoms with Crippen LogP contribution < -0.4 is 14.5 Å². The van der Waals surface area contributed by atoms with Crippen LogP contribution in [0.5, 0.6) is 11.5 Å². The van der Waals surface area contributed by atoms with Gasteiger partial charge in [0, 0.05) is 45.4 Å². The predicted molar refractivity (Wildman–Crippen MR) is 181 cm³/mol. The summed E-state index contributed by atoms with van der Waals surface area (Å²) in [4.78, 5) is 10.1. The Hall–Kier alpha value is -3.95. The van der Waals surface area contributed by atoms with Gasteiger partial charge in [0.25, 0.3) is 0 Å². The van der Waals surface area contributed by atoms with Crippen LogP contribution >= 0.6 is 0 Å². The van der Waals surface area contributed by atoms with Gasteiger partial charge in [0.1, 0.15) is 5.66 Å². The van der Waals surface area contributed by atoms with E-state index >= 15 is 0 Å². The third-order valence-electron chi connectivity index (χ3n) is 10.7. The average molecular weight is 796 g/mol. The maximum absolute atomic E-state index is 6.59. The first-order valence-electron chi connectivity index (χ1n) is 16.9. The summed E-state index contributed by atoms with van der Waals surface area (Å²) in [7, 11) is 0. The van der Waals surface area contributed by atoms with E-state index in [0.29, 0.717) is 0 Å². The molecule has 3 heterocycles. The summed E-state index contributed by atoms with van der Waals surface area (Å²) < 4.78 is 6.59. The molecule has 1 spiro atoms. The second-order valence-electron chi connectivity index (χ2n) is 13.6. The van der Waals surface area contributed by atoms with Crippen LogP contribution in [0.1, 0.15) is 73.6 Å². The molecule has 3 aliphatic carbocycles. The second-order valence-corrected chi connectivity index (χ2v) is 13.6. The summed E-state index contributed by atoms with van der Waals surface area (Å²) in [6.45, 7) is 9.09. The largest absolute Gasteiger partial charge is 4.00 e. The third kappa shape index (κ3) is 4.11. The molecule has 8 bridgehead atoms. The minimum Gasteiger partial charge on any atom is -0.509 e. The molecule has 0 amide bonds. The molecule has 0 unspecified atom stereocenters. The summed E-state index contributed by atoms with van der Waals surface area (Å²) in [6.07, 6.45) is 8.91. The van der Waals surface area contributed by atoms with Gasteiger partial charge in [-0.1, -0.05) is 62.4 Å². The minimum absolute atomic E-state index is 0. The van der Waals surface area contributed by atoms with Crippen LogP contribution in [0.25, 0.3) is 11.1 Å². The predicted octanol–water partition coefficient (Wildman–Crippen LogP) is 9.64. The van der Waals surface area contributed by atoms with E-state index in [4.69, 9.17) is 4.74 Å².